The number of hydrogen-bond acceptors (Lipinski definition) is 11. The summed E-state index contributed by atoms with van der Waals surface area (Å²) in [5.74, 6) is 1.05. The summed E-state index contributed by atoms with van der Waals surface area (Å²) in [6.07, 6.45) is 3.77. The van der Waals surface area contributed by atoms with Gasteiger partial charge in [-0.3, -0.25) is 4.79 Å². The Bertz CT molecular complexity index is 1220. The quantitative estimate of drug-likeness (QED) is 0.130. The molecule has 0 radical (unpaired) electrons. The highest BCUT2D eigenvalue weighted by Crippen LogP contribution is 2.23. The van der Waals surface area contributed by atoms with Crippen molar-refractivity contribution in [2.24, 2.45) is 5.73 Å². The van der Waals surface area contributed by atoms with E-state index in [0.717, 1.165) is 32.1 Å². The molecular weight excluding hydrogens is 536 g/mol. The number of nitrogens with zero attached hydrogens (tertiary/aromatic N) is 3. The van der Waals surface area contributed by atoms with Crippen LogP contribution in [-0.4, -0.2) is 84.2 Å². The number of nitrogens with one attached hydrogen (secondary N) is 4. The van der Waals surface area contributed by atoms with Crippen LogP contribution in [0.1, 0.15) is 41.6 Å². The largest absolute Gasteiger partial charge is 0.393 e. The summed E-state index contributed by atoms with van der Waals surface area (Å²) in [6.45, 7) is 3.33. The Labute approximate surface area is 246 Å². The van der Waals surface area contributed by atoms with Crippen molar-refractivity contribution in [3.05, 3.63) is 65.7 Å². The molecule has 1 fully saturated rings. The van der Waals surface area contributed by atoms with Crippen molar-refractivity contribution in [2.75, 3.05) is 62.0 Å². The minimum Gasteiger partial charge on any atom is -0.393 e. The molecule has 0 aliphatic heterocycles. The average molecular weight is 579 g/mol. The molecule has 4 rings (SSSR count). The molecule has 1 saturated carbocycles. The molecule has 0 unspecified atom stereocenters. The van der Waals surface area contributed by atoms with Gasteiger partial charge in [-0.15, -0.1) is 0 Å². The van der Waals surface area contributed by atoms with Crippen molar-refractivity contribution < 1.29 is 19.4 Å². The second-order valence-electron chi connectivity index (χ2n) is 10.1. The van der Waals surface area contributed by atoms with Crippen LogP contribution in [0.2, 0.25) is 0 Å². The lowest BCUT2D eigenvalue weighted by atomic mass is 9.93. The van der Waals surface area contributed by atoms with Gasteiger partial charge in [0.2, 0.25) is 17.8 Å². The van der Waals surface area contributed by atoms with Crippen LogP contribution in [0, 0.1) is 0 Å². The van der Waals surface area contributed by atoms with Crippen LogP contribution in [0.5, 0.6) is 0 Å². The van der Waals surface area contributed by atoms with Crippen LogP contribution in [0.25, 0.3) is 0 Å². The lowest BCUT2D eigenvalue weighted by molar-refractivity contribution is 0.0511. The molecule has 1 aliphatic rings. The highest BCUT2D eigenvalue weighted by molar-refractivity contribution is 5.95. The lowest BCUT2D eigenvalue weighted by Gasteiger charge is -2.26. The molecular formula is C30H42N8O4. The van der Waals surface area contributed by atoms with Crippen molar-refractivity contribution in [1.82, 2.24) is 20.3 Å². The van der Waals surface area contributed by atoms with Crippen molar-refractivity contribution in [1.29, 1.82) is 0 Å². The van der Waals surface area contributed by atoms with E-state index >= 15 is 0 Å². The smallest absolute Gasteiger partial charge is 0.251 e. The van der Waals surface area contributed by atoms with Gasteiger partial charge < -0.3 is 41.6 Å². The fourth-order valence-corrected chi connectivity index (χ4v) is 4.55. The van der Waals surface area contributed by atoms with E-state index in [1.165, 1.54) is 5.56 Å². The Morgan fingerprint density at radius 2 is 1.60 bits per heavy atom. The van der Waals surface area contributed by atoms with Gasteiger partial charge in [0, 0.05) is 36.9 Å². The van der Waals surface area contributed by atoms with E-state index in [1.54, 1.807) is 18.2 Å². The highest BCUT2D eigenvalue weighted by atomic mass is 16.5. The van der Waals surface area contributed by atoms with Gasteiger partial charge in [0.25, 0.3) is 5.91 Å². The molecule has 42 heavy (non-hydrogen) atoms. The van der Waals surface area contributed by atoms with E-state index in [0.29, 0.717) is 75.2 Å². The molecule has 0 saturated heterocycles. The van der Waals surface area contributed by atoms with Gasteiger partial charge in [-0.25, -0.2) is 0 Å². The van der Waals surface area contributed by atoms with Crippen LogP contribution in [-0.2, 0) is 15.9 Å². The summed E-state index contributed by atoms with van der Waals surface area (Å²) >= 11 is 0. The number of benzene rings is 2. The number of nitrogens with two attached hydrogens (primary N) is 1. The fraction of sp³-hybridized carbons (Fsp3) is 0.467. The average Bonchev–Trinajstić information content (AvgIpc) is 3.00. The molecule has 12 nitrogen and oxygen atoms in total. The minimum atomic E-state index is -0.244. The maximum absolute atomic E-state index is 12.7. The first kappa shape index (κ1) is 31.1. The third kappa shape index (κ3) is 10.9. The molecule has 12 heteroatoms. The minimum absolute atomic E-state index is 0.176. The van der Waals surface area contributed by atoms with Crippen LogP contribution < -0.4 is 27.0 Å². The Morgan fingerprint density at radius 1 is 0.857 bits per heavy atom. The Hall–Kier alpha value is -3.84. The first-order valence-electron chi connectivity index (χ1n) is 14.6. The third-order valence-electron chi connectivity index (χ3n) is 6.75. The molecule has 0 atom stereocenters. The van der Waals surface area contributed by atoms with Crippen molar-refractivity contribution in [2.45, 2.75) is 44.2 Å². The van der Waals surface area contributed by atoms with E-state index in [1.807, 2.05) is 24.3 Å². The van der Waals surface area contributed by atoms with Crippen molar-refractivity contribution >= 4 is 29.4 Å². The zero-order valence-corrected chi connectivity index (χ0v) is 23.9. The summed E-state index contributed by atoms with van der Waals surface area (Å²) in [5, 5.41) is 22.7. The second kappa shape index (κ2) is 17.2. The number of aromatic nitrogens is 3. The van der Waals surface area contributed by atoms with Crippen molar-refractivity contribution in [3.8, 4) is 0 Å². The van der Waals surface area contributed by atoms with Gasteiger partial charge in [-0.1, -0.05) is 36.4 Å². The van der Waals surface area contributed by atoms with Crippen molar-refractivity contribution in [3.63, 3.8) is 0 Å². The van der Waals surface area contributed by atoms with E-state index in [4.69, 9.17) is 15.2 Å². The van der Waals surface area contributed by atoms with E-state index in [-0.39, 0.29) is 18.1 Å². The highest BCUT2D eigenvalue weighted by Gasteiger charge is 2.20. The number of carbonyl (C=O) groups is 1. The fourth-order valence-electron chi connectivity index (χ4n) is 4.55. The molecule has 1 heterocycles. The van der Waals surface area contributed by atoms with Gasteiger partial charge in [0.15, 0.2) is 0 Å². The number of carbonyl (C=O) groups excluding carboxylic acids is 1. The number of ether oxygens (including phenoxy) is 2. The second-order valence-corrected chi connectivity index (χ2v) is 10.1. The Kier molecular flexibility index (Phi) is 12.7. The summed E-state index contributed by atoms with van der Waals surface area (Å²) in [6, 6.07) is 17.5. The molecule has 7 N–H and O–H groups in total. The van der Waals surface area contributed by atoms with Crippen LogP contribution in [0.15, 0.2) is 54.6 Å². The molecule has 1 amide bonds. The monoisotopic (exact) mass is 578 g/mol. The first-order valence-corrected chi connectivity index (χ1v) is 14.6. The van der Waals surface area contributed by atoms with E-state index < -0.39 is 0 Å². The predicted molar refractivity (Wildman–Crippen MR) is 163 cm³/mol. The van der Waals surface area contributed by atoms with Crippen LogP contribution >= 0.6 is 0 Å². The topological polar surface area (TPSA) is 169 Å². The van der Waals surface area contributed by atoms with Gasteiger partial charge in [0.05, 0.1) is 32.5 Å². The maximum atomic E-state index is 12.7. The predicted octanol–water partition coefficient (Wildman–Crippen LogP) is 2.71. The summed E-state index contributed by atoms with van der Waals surface area (Å²) in [7, 11) is 0. The maximum Gasteiger partial charge on any atom is 0.251 e. The number of rotatable bonds is 17. The molecule has 0 bridgehead atoms. The third-order valence-corrected chi connectivity index (χ3v) is 6.75. The summed E-state index contributed by atoms with van der Waals surface area (Å²) in [5.41, 5.74) is 7.77. The molecule has 3 aromatic rings. The summed E-state index contributed by atoms with van der Waals surface area (Å²) < 4.78 is 10.7. The SMILES string of the molecule is NCCOCCOCCNC(=O)c1cccc(Nc2nc(NCCc3ccccc3)nc(NC3CCC(O)CC3)n2)c1. The van der Waals surface area contributed by atoms with Crippen LogP contribution in [0.4, 0.5) is 23.5 Å². The summed E-state index contributed by atoms with van der Waals surface area (Å²) in [4.78, 5) is 26.5. The molecule has 1 aliphatic carbocycles. The van der Waals surface area contributed by atoms with Gasteiger partial charge in [-0.05, 0) is 55.9 Å². The van der Waals surface area contributed by atoms with Gasteiger partial charge >= 0.3 is 0 Å². The number of hydrogen-bond donors (Lipinski definition) is 6. The zero-order valence-electron chi connectivity index (χ0n) is 23.9. The van der Waals surface area contributed by atoms with E-state index in [2.05, 4.69) is 48.4 Å². The van der Waals surface area contributed by atoms with E-state index in [9.17, 15) is 9.90 Å². The number of aliphatic hydroxyl groups excluding tert-OH is 1. The molecule has 1 aromatic heterocycles. The standard InChI is InChI=1S/C30H42N8O4/c31-14-17-41-19-20-42-18-16-32-27(40)23-7-4-8-25(21-23)35-30-37-28(33-15-13-22-5-2-1-3-6-22)36-29(38-30)34-24-9-11-26(39)12-10-24/h1-8,21,24,26,39H,9-20,31H2,(H,32,40)(H3,33,34,35,36,37,38). The molecule has 2 aromatic carbocycles. The van der Waals surface area contributed by atoms with Gasteiger partial charge in [-0.2, -0.15) is 15.0 Å². The molecule has 0 spiro atoms. The lowest BCUT2D eigenvalue weighted by Crippen LogP contribution is -2.29. The number of amides is 1. The van der Waals surface area contributed by atoms with Gasteiger partial charge in [0.1, 0.15) is 0 Å². The Morgan fingerprint density at radius 3 is 2.38 bits per heavy atom. The number of anilines is 4. The number of aliphatic hydroxyl groups is 1. The first-order chi connectivity index (χ1) is 20.6. The Balaban J connectivity index is 1.36. The normalized spacial score (nSPS) is 16.5. The van der Waals surface area contributed by atoms with Crippen LogP contribution in [0.3, 0.4) is 0 Å². The zero-order chi connectivity index (χ0) is 29.4. The molecule has 226 valence electrons.